The van der Waals surface area contributed by atoms with Gasteiger partial charge in [0, 0.05) is 5.56 Å². The van der Waals surface area contributed by atoms with Gasteiger partial charge in [0.1, 0.15) is 5.54 Å². The van der Waals surface area contributed by atoms with Crippen molar-refractivity contribution in [3.63, 3.8) is 0 Å². The van der Waals surface area contributed by atoms with Gasteiger partial charge in [-0.1, -0.05) is 72.8 Å². The van der Waals surface area contributed by atoms with Crippen LogP contribution in [0.25, 0.3) is 0 Å². The fourth-order valence-corrected chi connectivity index (χ4v) is 3.59. The van der Waals surface area contributed by atoms with Gasteiger partial charge in [-0.15, -0.1) is 0 Å². The van der Waals surface area contributed by atoms with Crippen LogP contribution in [-0.2, 0) is 5.54 Å². The summed E-state index contributed by atoms with van der Waals surface area (Å²) in [5, 5.41) is 3.27. The van der Waals surface area contributed by atoms with Gasteiger partial charge in [-0.25, -0.2) is 0 Å². The molecule has 23 heavy (non-hydrogen) atoms. The first kappa shape index (κ1) is 13.8. The van der Waals surface area contributed by atoms with Crippen molar-refractivity contribution in [3.05, 3.63) is 107 Å². The molecule has 3 aromatic rings. The molecule has 1 aliphatic heterocycles. The van der Waals surface area contributed by atoms with Crippen LogP contribution < -0.4 is 5.32 Å². The van der Waals surface area contributed by atoms with E-state index in [0.29, 0.717) is 0 Å². The lowest BCUT2D eigenvalue weighted by Gasteiger charge is -2.33. The summed E-state index contributed by atoms with van der Waals surface area (Å²) in [5.41, 5.74) is 4.50. The molecule has 3 aromatic carbocycles. The summed E-state index contributed by atoms with van der Waals surface area (Å²) in [4.78, 5) is 12.6. The highest BCUT2D eigenvalue weighted by atomic mass is 16.2. The zero-order valence-electron chi connectivity index (χ0n) is 12.9. The Bertz CT molecular complexity index is 885. The maximum atomic E-state index is 12.6. The molecule has 1 aliphatic rings. The highest BCUT2D eigenvalue weighted by Gasteiger charge is 2.46. The monoisotopic (exact) mass is 299 g/mol. The molecule has 0 saturated carbocycles. The minimum atomic E-state index is -0.625. The minimum absolute atomic E-state index is 0.0206. The summed E-state index contributed by atoms with van der Waals surface area (Å²) < 4.78 is 0. The highest BCUT2D eigenvalue weighted by molar-refractivity contribution is 6.01. The number of hydrogen-bond acceptors (Lipinski definition) is 1. The average Bonchev–Trinajstić information content (AvgIpc) is 2.90. The van der Waals surface area contributed by atoms with Gasteiger partial charge in [-0.3, -0.25) is 4.79 Å². The predicted octanol–water partition coefficient (Wildman–Crippen LogP) is 4.03. The molecule has 0 radical (unpaired) electrons. The molecule has 0 fully saturated rings. The Hall–Kier alpha value is -2.87. The first-order chi connectivity index (χ1) is 11.2. The summed E-state index contributed by atoms with van der Waals surface area (Å²) >= 11 is 0. The molecule has 0 spiro atoms. The molecule has 0 unspecified atom stereocenters. The van der Waals surface area contributed by atoms with Gasteiger partial charge in [0.2, 0.25) is 0 Å². The molecule has 4 rings (SSSR count). The lowest BCUT2D eigenvalue weighted by Crippen LogP contribution is -2.42. The number of amides is 1. The van der Waals surface area contributed by atoms with Crippen molar-refractivity contribution in [2.45, 2.75) is 12.5 Å². The van der Waals surface area contributed by atoms with Gasteiger partial charge in [0.05, 0.1) is 0 Å². The van der Waals surface area contributed by atoms with Crippen molar-refractivity contribution in [2.75, 3.05) is 0 Å². The van der Waals surface area contributed by atoms with Crippen molar-refractivity contribution < 1.29 is 4.79 Å². The maximum Gasteiger partial charge on any atom is 0.252 e. The van der Waals surface area contributed by atoms with Crippen LogP contribution in [0.5, 0.6) is 0 Å². The minimum Gasteiger partial charge on any atom is -0.334 e. The molecule has 0 saturated heterocycles. The SMILES string of the molecule is Cc1ccccc1[C@@]1(c2ccccc2)NC(=O)c2ccccc21. The van der Waals surface area contributed by atoms with E-state index in [1.54, 1.807) is 0 Å². The Morgan fingerprint density at radius 1 is 0.739 bits per heavy atom. The van der Waals surface area contributed by atoms with Gasteiger partial charge in [0.15, 0.2) is 0 Å². The van der Waals surface area contributed by atoms with Crippen LogP contribution in [0.1, 0.15) is 32.6 Å². The standard InChI is InChI=1S/C21H17NO/c1-15-9-5-7-13-18(15)21(16-10-3-2-4-11-16)19-14-8-6-12-17(19)20(23)22-21/h2-14H,1H3,(H,22,23)/t21-/m1/s1. The third-order valence-corrected chi connectivity index (χ3v) is 4.63. The molecule has 2 nitrogen and oxygen atoms in total. The Morgan fingerprint density at radius 2 is 1.35 bits per heavy atom. The molecule has 0 aromatic heterocycles. The third-order valence-electron chi connectivity index (χ3n) is 4.63. The third kappa shape index (κ3) is 1.92. The number of benzene rings is 3. The smallest absolute Gasteiger partial charge is 0.252 e. The Morgan fingerprint density at radius 3 is 2.09 bits per heavy atom. The lowest BCUT2D eigenvalue weighted by molar-refractivity contribution is 0.0948. The van der Waals surface area contributed by atoms with Gasteiger partial charge in [-0.2, -0.15) is 0 Å². The summed E-state index contributed by atoms with van der Waals surface area (Å²) in [6, 6.07) is 26.3. The molecule has 1 amide bonds. The summed E-state index contributed by atoms with van der Waals surface area (Å²) in [5.74, 6) is -0.0206. The van der Waals surface area contributed by atoms with Crippen LogP contribution in [0.3, 0.4) is 0 Å². The van der Waals surface area contributed by atoms with Crippen molar-refractivity contribution in [3.8, 4) is 0 Å². The van der Waals surface area contributed by atoms with Gasteiger partial charge >= 0.3 is 0 Å². The lowest BCUT2D eigenvalue weighted by atomic mass is 9.76. The molecule has 2 heteroatoms. The maximum absolute atomic E-state index is 12.6. The number of carbonyl (C=O) groups is 1. The molecule has 1 heterocycles. The van der Waals surface area contributed by atoms with Gasteiger partial charge < -0.3 is 5.32 Å². The quantitative estimate of drug-likeness (QED) is 0.760. The van der Waals surface area contributed by atoms with Gasteiger partial charge in [0.25, 0.3) is 5.91 Å². The molecule has 1 atom stereocenters. The number of carbonyl (C=O) groups excluding carboxylic acids is 1. The van der Waals surface area contributed by atoms with Crippen LogP contribution in [0.15, 0.2) is 78.9 Å². The van der Waals surface area contributed by atoms with E-state index in [9.17, 15) is 4.79 Å². The van der Waals surface area contributed by atoms with Crippen molar-refractivity contribution in [1.82, 2.24) is 5.32 Å². The Balaban J connectivity index is 2.10. The fraction of sp³-hybridized carbons (Fsp3) is 0.0952. The Kier molecular flexibility index (Phi) is 3.05. The van der Waals surface area contributed by atoms with Crippen LogP contribution in [0.4, 0.5) is 0 Å². The zero-order valence-corrected chi connectivity index (χ0v) is 12.9. The van der Waals surface area contributed by atoms with Crippen molar-refractivity contribution in [2.24, 2.45) is 0 Å². The van der Waals surface area contributed by atoms with E-state index < -0.39 is 5.54 Å². The molecular formula is C21H17NO. The number of aryl methyl sites for hydroxylation is 1. The summed E-state index contributed by atoms with van der Waals surface area (Å²) in [6.07, 6.45) is 0. The van der Waals surface area contributed by atoms with E-state index >= 15 is 0 Å². The van der Waals surface area contributed by atoms with Crippen LogP contribution in [0, 0.1) is 6.92 Å². The molecule has 0 bridgehead atoms. The predicted molar refractivity (Wildman–Crippen MR) is 91.4 cm³/mol. The number of fused-ring (bicyclic) bond motifs is 1. The van der Waals surface area contributed by atoms with Crippen molar-refractivity contribution in [1.29, 1.82) is 0 Å². The normalized spacial score (nSPS) is 19.3. The second-order valence-corrected chi connectivity index (χ2v) is 5.93. The average molecular weight is 299 g/mol. The first-order valence-corrected chi connectivity index (χ1v) is 7.77. The summed E-state index contributed by atoms with van der Waals surface area (Å²) in [6.45, 7) is 2.09. The second-order valence-electron chi connectivity index (χ2n) is 5.93. The number of nitrogens with one attached hydrogen (secondary N) is 1. The van der Waals surface area contributed by atoms with E-state index in [1.165, 1.54) is 0 Å². The number of rotatable bonds is 2. The van der Waals surface area contributed by atoms with E-state index in [0.717, 1.165) is 27.8 Å². The molecule has 1 N–H and O–H groups in total. The van der Waals surface area contributed by atoms with Gasteiger partial charge in [-0.05, 0) is 35.2 Å². The van der Waals surface area contributed by atoms with Crippen LogP contribution in [0.2, 0.25) is 0 Å². The van der Waals surface area contributed by atoms with Crippen LogP contribution in [-0.4, -0.2) is 5.91 Å². The topological polar surface area (TPSA) is 29.1 Å². The summed E-state index contributed by atoms with van der Waals surface area (Å²) in [7, 11) is 0. The second kappa shape index (κ2) is 5.10. The fourth-order valence-electron chi connectivity index (χ4n) is 3.59. The number of hydrogen-bond donors (Lipinski definition) is 1. The van der Waals surface area contributed by atoms with E-state index in [1.807, 2.05) is 54.6 Å². The largest absolute Gasteiger partial charge is 0.334 e. The highest BCUT2D eigenvalue weighted by Crippen LogP contribution is 2.43. The van der Waals surface area contributed by atoms with E-state index in [2.05, 4.69) is 36.5 Å². The Labute approximate surface area is 135 Å². The molecule has 0 aliphatic carbocycles. The first-order valence-electron chi connectivity index (χ1n) is 7.77. The van der Waals surface area contributed by atoms with E-state index in [-0.39, 0.29) is 5.91 Å². The zero-order chi connectivity index (χ0) is 15.9. The molecular weight excluding hydrogens is 282 g/mol. The molecule has 112 valence electrons. The van der Waals surface area contributed by atoms with Crippen LogP contribution >= 0.6 is 0 Å². The van der Waals surface area contributed by atoms with E-state index in [4.69, 9.17) is 0 Å². The van der Waals surface area contributed by atoms with Crippen molar-refractivity contribution >= 4 is 5.91 Å².